The number of nitrogens with zero attached hydrogens (tertiary/aromatic N) is 1. The molecule has 3 rings (SSSR count). The normalized spacial score (nSPS) is 14.8. The molecule has 2 aromatic carbocycles. The predicted octanol–water partition coefficient (Wildman–Crippen LogP) is 4.18. The molecule has 1 saturated heterocycles. The zero-order chi connectivity index (χ0) is 20.6. The van der Waals surface area contributed by atoms with Crippen molar-refractivity contribution in [2.24, 2.45) is 0 Å². The van der Waals surface area contributed by atoms with Crippen LogP contribution in [0, 0.1) is 6.92 Å². The van der Waals surface area contributed by atoms with E-state index in [0.717, 1.165) is 55.6 Å². The lowest BCUT2D eigenvalue weighted by molar-refractivity contribution is -0.127. The van der Waals surface area contributed by atoms with Crippen LogP contribution in [0.2, 0.25) is 0 Å². The topological polar surface area (TPSA) is 58.6 Å². The quantitative estimate of drug-likeness (QED) is 0.777. The first-order valence-corrected chi connectivity index (χ1v) is 10.1. The van der Waals surface area contributed by atoms with Gasteiger partial charge in [0.2, 0.25) is 0 Å². The molecule has 0 aromatic heterocycles. The molecule has 0 spiro atoms. The predicted molar refractivity (Wildman–Crippen MR) is 115 cm³/mol. The Morgan fingerprint density at radius 1 is 0.931 bits per heavy atom. The number of ether oxygens (including phenoxy) is 1. The summed E-state index contributed by atoms with van der Waals surface area (Å²) < 4.78 is 5.20. The van der Waals surface area contributed by atoms with E-state index in [-0.39, 0.29) is 11.8 Å². The fraction of sp³-hybridized carbons (Fsp3) is 0.333. The summed E-state index contributed by atoms with van der Waals surface area (Å²) in [5, 5.41) is 2.85. The molecule has 2 amide bonds. The van der Waals surface area contributed by atoms with Crippen LogP contribution >= 0.6 is 0 Å². The summed E-state index contributed by atoms with van der Waals surface area (Å²) in [6.07, 6.45) is 5.99. The van der Waals surface area contributed by atoms with Gasteiger partial charge in [-0.05, 0) is 55.7 Å². The minimum Gasteiger partial charge on any atom is -0.497 e. The number of methoxy groups -OCH3 is 1. The fourth-order valence-electron chi connectivity index (χ4n) is 3.36. The van der Waals surface area contributed by atoms with Crippen LogP contribution in [-0.4, -0.2) is 36.9 Å². The van der Waals surface area contributed by atoms with Gasteiger partial charge in [0.15, 0.2) is 0 Å². The van der Waals surface area contributed by atoms with Gasteiger partial charge in [-0.25, -0.2) is 0 Å². The fourth-order valence-corrected chi connectivity index (χ4v) is 3.36. The molecule has 29 heavy (non-hydrogen) atoms. The highest BCUT2D eigenvalue weighted by molar-refractivity contribution is 6.05. The summed E-state index contributed by atoms with van der Waals surface area (Å²) in [5.41, 5.74) is 2.73. The van der Waals surface area contributed by atoms with Crippen LogP contribution < -0.4 is 10.1 Å². The second-order valence-corrected chi connectivity index (χ2v) is 7.36. The number of amides is 2. The minimum atomic E-state index is -0.284. The number of benzene rings is 2. The molecular weight excluding hydrogens is 364 g/mol. The Morgan fingerprint density at radius 2 is 1.55 bits per heavy atom. The second kappa shape index (κ2) is 9.92. The van der Waals surface area contributed by atoms with E-state index in [2.05, 4.69) is 5.32 Å². The maximum absolute atomic E-state index is 13.2. The van der Waals surface area contributed by atoms with Crippen LogP contribution in [-0.2, 0) is 4.79 Å². The molecule has 5 nitrogen and oxygen atoms in total. The van der Waals surface area contributed by atoms with Gasteiger partial charge in [-0.3, -0.25) is 9.59 Å². The molecule has 0 bridgehead atoms. The van der Waals surface area contributed by atoms with E-state index in [0.29, 0.717) is 11.3 Å². The Labute approximate surface area is 172 Å². The third-order valence-electron chi connectivity index (χ3n) is 5.11. The summed E-state index contributed by atoms with van der Waals surface area (Å²) in [6.45, 7) is 3.41. The van der Waals surface area contributed by atoms with Crippen molar-refractivity contribution in [3.05, 3.63) is 70.9 Å². The number of carbonyl (C=O) groups is 2. The molecule has 1 N–H and O–H groups in total. The number of rotatable bonds is 5. The Bertz CT molecular complexity index is 862. The third-order valence-corrected chi connectivity index (χ3v) is 5.11. The van der Waals surface area contributed by atoms with E-state index in [1.165, 1.54) is 0 Å². The summed E-state index contributed by atoms with van der Waals surface area (Å²) in [4.78, 5) is 27.8. The third kappa shape index (κ3) is 5.70. The highest BCUT2D eigenvalue weighted by Crippen LogP contribution is 2.17. The molecule has 0 aliphatic carbocycles. The molecule has 1 aliphatic heterocycles. The summed E-state index contributed by atoms with van der Waals surface area (Å²) in [6, 6.07) is 14.7. The Hall–Kier alpha value is -3.08. The van der Waals surface area contributed by atoms with Crippen LogP contribution in [0.1, 0.15) is 47.2 Å². The van der Waals surface area contributed by atoms with Gasteiger partial charge in [0, 0.05) is 18.7 Å². The van der Waals surface area contributed by atoms with Gasteiger partial charge in [-0.15, -0.1) is 0 Å². The summed E-state index contributed by atoms with van der Waals surface area (Å²) in [5.74, 6) is 0.322. The molecule has 1 fully saturated rings. The summed E-state index contributed by atoms with van der Waals surface area (Å²) in [7, 11) is 1.61. The van der Waals surface area contributed by atoms with Crippen LogP contribution in [0.15, 0.2) is 54.2 Å². The van der Waals surface area contributed by atoms with Gasteiger partial charge in [0.25, 0.3) is 11.8 Å². The van der Waals surface area contributed by atoms with Gasteiger partial charge in [-0.2, -0.15) is 0 Å². The van der Waals surface area contributed by atoms with Crippen LogP contribution in [0.25, 0.3) is 6.08 Å². The SMILES string of the molecule is COc1ccc(/C=C(\NC(=O)c2ccc(C)cc2)C(=O)N2CCCCCC2)cc1. The van der Waals surface area contributed by atoms with Crippen molar-refractivity contribution in [3.8, 4) is 5.75 Å². The Morgan fingerprint density at radius 3 is 2.14 bits per heavy atom. The maximum atomic E-state index is 13.2. The minimum absolute atomic E-state index is 0.136. The second-order valence-electron chi connectivity index (χ2n) is 7.36. The van der Waals surface area contributed by atoms with Gasteiger partial charge >= 0.3 is 0 Å². The van der Waals surface area contributed by atoms with E-state index in [9.17, 15) is 9.59 Å². The van der Waals surface area contributed by atoms with Crippen LogP contribution in [0.3, 0.4) is 0 Å². The zero-order valence-electron chi connectivity index (χ0n) is 17.1. The van der Waals surface area contributed by atoms with E-state index >= 15 is 0 Å². The molecule has 0 radical (unpaired) electrons. The molecule has 5 heteroatoms. The Balaban J connectivity index is 1.86. The Kier molecular flexibility index (Phi) is 7.06. The number of hydrogen-bond donors (Lipinski definition) is 1. The number of carbonyl (C=O) groups excluding carboxylic acids is 2. The van der Waals surface area contributed by atoms with E-state index in [1.807, 2.05) is 48.2 Å². The van der Waals surface area contributed by atoms with Crippen LogP contribution in [0.4, 0.5) is 0 Å². The molecule has 0 unspecified atom stereocenters. The van der Waals surface area contributed by atoms with Crippen molar-refractivity contribution in [2.75, 3.05) is 20.2 Å². The molecule has 0 atom stereocenters. The van der Waals surface area contributed by atoms with Gasteiger partial charge in [0.05, 0.1) is 7.11 Å². The van der Waals surface area contributed by atoms with E-state index < -0.39 is 0 Å². The lowest BCUT2D eigenvalue weighted by Gasteiger charge is -2.22. The summed E-state index contributed by atoms with van der Waals surface area (Å²) >= 11 is 0. The lowest BCUT2D eigenvalue weighted by atomic mass is 10.1. The smallest absolute Gasteiger partial charge is 0.270 e. The average Bonchev–Trinajstić information content (AvgIpc) is 3.03. The number of aryl methyl sites for hydroxylation is 1. The molecule has 1 aliphatic rings. The van der Waals surface area contributed by atoms with Crippen molar-refractivity contribution in [1.29, 1.82) is 0 Å². The first kappa shape index (κ1) is 20.6. The van der Waals surface area contributed by atoms with E-state index in [1.54, 1.807) is 25.3 Å². The standard InChI is InChI=1S/C24H28N2O3/c1-18-7-11-20(12-8-18)23(27)25-22(17-19-9-13-21(29-2)14-10-19)24(28)26-15-5-3-4-6-16-26/h7-14,17H,3-6,15-16H2,1-2H3,(H,25,27)/b22-17-. The molecule has 1 heterocycles. The lowest BCUT2D eigenvalue weighted by Crippen LogP contribution is -2.39. The molecular formula is C24H28N2O3. The van der Waals surface area contributed by atoms with Crippen molar-refractivity contribution in [1.82, 2.24) is 10.2 Å². The maximum Gasteiger partial charge on any atom is 0.270 e. The highest BCUT2D eigenvalue weighted by atomic mass is 16.5. The molecule has 152 valence electrons. The van der Waals surface area contributed by atoms with Gasteiger partial charge in [-0.1, -0.05) is 42.7 Å². The van der Waals surface area contributed by atoms with Crippen molar-refractivity contribution < 1.29 is 14.3 Å². The number of likely N-dealkylation sites (tertiary alicyclic amines) is 1. The molecule has 0 saturated carbocycles. The first-order valence-electron chi connectivity index (χ1n) is 10.1. The molecule has 2 aromatic rings. The highest BCUT2D eigenvalue weighted by Gasteiger charge is 2.21. The first-order chi connectivity index (χ1) is 14.1. The van der Waals surface area contributed by atoms with Gasteiger partial charge in [0.1, 0.15) is 11.4 Å². The van der Waals surface area contributed by atoms with Crippen molar-refractivity contribution >= 4 is 17.9 Å². The monoisotopic (exact) mass is 392 g/mol. The van der Waals surface area contributed by atoms with E-state index in [4.69, 9.17) is 4.74 Å². The van der Waals surface area contributed by atoms with Crippen molar-refractivity contribution in [2.45, 2.75) is 32.6 Å². The average molecular weight is 392 g/mol. The number of hydrogen-bond acceptors (Lipinski definition) is 3. The van der Waals surface area contributed by atoms with Gasteiger partial charge < -0.3 is 15.0 Å². The largest absolute Gasteiger partial charge is 0.497 e. The zero-order valence-corrected chi connectivity index (χ0v) is 17.1. The number of nitrogens with one attached hydrogen (secondary N) is 1. The van der Waals surface area contributed by atoms with Crippen LogP contribution in [0.5, 0.6) is 5.75 Å². The van der Waals surface area contributed by atoms with Crippen molar-refractivity contribution in [3.63, 3.8) is 0 Å².